The zero-order valence-electron chi connectivity index (χ0n) is 17.3. The molecule has 1 saturated carbocycles. The van der Waals surface area contributed by atoms with Gasteiger partial charge in [0.25, 0.3) is 11.8 Å². The van der Waals surface area contributed by atoms with Crippen molar-refractivity contribution in [1.29, 1.82) is 0 Å². The SMILES string of the molecule is CSCC[C@H](NC(=O)c1ccccc1)C(=O)O[C@@H](C)C(=O)NC1CCCCCC1. The van der Waals surface area contributed by atoms with Gasteiger partial charge in [0.05, 0.1) is 0 Å². The molecule has 7 heteroatoms. The quantitative estimate of drug-likeness (QED) is 0.473. The average molecular weight is 421 g/mol. The molecule has 0 heterocycles. The Morgan fingerprint density at radius 3 is 2.38 bits per heavy atom. The van der Waals surface area contributed by atoms with Crippen LogP contribution in [0.25, 0.3) is 0 Å². The fourth-order valence-electron chi connectivity index (χ4n) is 3.37. The van der Waals surface area contributed by atoms with Crippen LogP contribution < -0.4 is 10.6 Å². The van der Waals surface area contributed by atoms with Gasteiger partial charge in [0, 0.05) is 11.6 Å². The summed E-state index contributed by atoms with van der Waals surface area (Å²) in [4.78, 5) is 37.5. The molecular weight excluding hydrogens is 388 g/mol. The van der Waals surface area contributed by atoms with E-state index in [1.807, 2.05) is 12.3 Å². The van der Waals surface area contributed by atoms with E-state index in [2.05, 4.69) is 10.6 Å². The molecule has 2 N–H and O–H groups in total. The number of amides is 2. The number of nitrogens with one attached hydrogen (secondary N) is 2. The first-order valence-electron chi connectivity index (χ1n) is 10.4. The normalized spacial score (nSPS) is 16.9. The molecule has 0 aromatic heterocycles. The van der Waals surface area contributed by atoms with Crippen molar-refractivity contribution >= 4 is 29.5 Å². The van der Waals surface area contributed by atoms with E-state index in [4.69, 9.17) is 4.74 Å². The summed E-state index contributed by atoms with van der Waals surface area (Å²) < 4.78 is 5.41. The molecule has 1 aliphatic rings. The lowest BCUT2D eigenvalue weighted by atomic mass is 10.1. The molecule has 0 aliphatic heterocycles. The third kappa shape index (κ3) is 8.09. The lowest BCUT2D eigenvalue weighted by Crippen LogP contribution is -2.46. The molecule has 1 aromatic rings. The molecule has 2 amide bonds. The topological polar surface area (TPSA) is 84.5 Å². The van der Waals surface area contributed by atoms with E-state index in [1.165, 1.54) is 12.8 Å². The van der Waals surface area contributed by atoms with Crippen LogP contribution in [0.15, 0.2) is 30.3 Å². The van der Waals surface area contributed by atoms with Crippen LogP contribution in [0.5, 0.6) is 0 Å². The van der Waals surface area contributed by atoms with Crippen LogP contribution in [0.1, 0.15) is 62.2 Å². The minimum Gasteiger partial charge on any atom is -0.451 e. The highest BCUT2D eigenvalue weighted by Gasteiger charge is 2.27. The van der Waals surface area contributed by atoms with Gasteiger partial charge < -0.3 is 15.4 Å². The summed E-state index contributed by atoms with van der Waals surface area (Å²) in [6.07, 6.45) is 8.05. The zero-order chi connectivity index (χ0) is 21.1. The van der Waals surface area contributed by atoms with Gasteiger partial charge in [-0.15, -0.1) is 0 Å². The Kier molecular flexibility index (Phi) is 10.0. The van der Waals surface area contributed by atoms with Crippen LogP contribution in [0.4, 0.5) is 0 Å². The molecule has 0 unspecified atom stereocenters. The molecule has 0 saturated heterocycles. The van der Waals surface area contributed by atoms with E-state index in [1.54, 1.807) is 43.0 Å². The Balaban J connectivity index is 1.91. The number of esters is 1. The fraction of sp³-hybridized carbons (Fsp3) is 0.591. The molecule has 29 heavy (non-hydrogen) atoms. The van der Waals surface area contributed by atoms with Crippen molar-refractivity contribution in [3.05, 3.63) is 35.9 Å². The monoisotopic (exact) mass is 420 g/mol. The van der Waals surface area contributed by atoms with Gasteiger partial charge in [-0.3, -0.25) is 9.59 Å². The molecule has 0 spiro atoms. The van der Waals surface area contributed by atoms with Crippen molar-refractivity contribution in [2.75, 3.05) is 12.0 Å². The molecule has 1 fully saturated rings. The Hall–Kier alpha value is -2.02. The Labute approximate surface area is 177 Å². The van der Waals surface area contributed by atoms with Crippen LogP contribution in [0.3, 0.4) is 0 Å². The number of benzene rings is 1. The molecule has 2 rings (SSSR count). The standard InChI is InChI=1S/C22H32N2O4S/c1-16(20(25)23-18-12-8-3-4-9-13-18)28-22(27)19(14-15-29-2)24-21(26)17-10-6-5-7-11-17/h5-7,10-11,16,18-19H,3-4,8-9,12-15H2,1-2H3,(H,23,25)(H,24,26)/t16-,19-/m0/s1. The first kappa shape index (κ1) is 23.3. The maximum atomic E-state index is 12.7. The van der Waals surface area contributed by atoms with Crippen LogP contribution in [0, 0.1) is 0 Å². The Morgan fingerprint density at radius 2 is 1.76 bits per heavy atom. The molecular formula is C22H32N2O4S. The number of ether oxygens (including phenoxy) is 1. The van der Waals surface area contributed by atoms with Crippen LogP contribution in [0.2, 0.25) is 0 Å². The van der Waals surface area contributed by atoms with Gasteiger partial charge in [-0.25, -0.2) is 4.79 Å². The third-order valence-electron chi connectivity index (χ3n) is 5.10. The summed E-state index contributed by atoms with van der Waals surface area (Å²) in [6, 6.07) is 8.10. The van der Waals surface area contributed by atoms with Crippen molar-refractivity contribution in [1.82, 2.24) is 10.6 Å². The highest BCUT2D eigenvalue weighted by Crippen LogP contribution is 2.17. The Morgan fingerprint density at radius 1 is 1.10 bits per heavy atom. The van der Waals surface area contributed by atoms with E-state index in [-0.39, 0.29) is 17.9 Å². The summed E-state index contributed by atoms with van der Waals surface area (Å²) in [5, 5.41) is 5.75. The van der Waals surface area contributed by atoms with Crippen LogP contribution in [-0.2, 0) is 14.3 Å². The van der Waals surface area contributed by atoms with E-state index in [0.717, 1.165) is 25.7 Å². The van der Waals surface area contributed by atoms with Gasteiger partial charge in [-0.1, -0.05) is 43.9 Å². The smallest absolute Gasteiger partial charge is 0.329 e. The van der Waals surface area contributed by atoms with Crippen molar-refractivity contribution in [3.63, 3.8) is 0 Å². The van der Waals surface area contributed by atoms with E-state index in [9.17, 15) is 14.4 Å². The second-order valence-electron chi connectivity index (χ2n) is 7.45. The maximum absolute atomic E-state index is 12.7. The molecule has 1 aromatic carbocycles. The van der Waals surface area contributed by atoms with Gasteiger partial charge in [0.2, 0.25) is 0 Å². The van der Waals surface area contributed by atoms with Crippen molar-refractivity contribution in [3.8, 4) is 0 Å². The molecule has 2 atom stereocenters. The van der Waals surface area contributed by atoms with E-state index < -0.39 is 18.1 Å². The van der Waals surface area contributed by atoms with E-state index >= 15 is 0 Å². The predicted octanol–water partition coefficient (Wildman–Crippen LogP) is 3.31. The van der Waals surface area contributed by atoms with Gasteiger partial charge in [0.1, 0.15) is 6.04 Å². The minimum absolute atomic E-state index is 0.149. The second kappa shape index (κ2) is 12.5. The third-order valence-corrected chi connectivity index (χ3v) is 5.74. The zero-order valence-corrected chi connectivity index (χ0v) is 18.1. The molecule has 6 nitrogen and oxygen atoms in total. The highest BCUT2D eigenvalue weighted by atomic mass is 32.2. The second-order valence-corrected chi connectivity index (χ2v) is 8.44. The number of rotatable bonds is 9. The first-order valence-corrected chi connectivity index (χ1v) is 11.8. The van der Waals surface area contributed by atoms with E-state index in [0.29, 0.717) is 17.7 Å². The predicted molar refractivity (Wildman–Crippen MR) is 116 cm³/mol. The molecule has 0 radical (unpaired) electrons. The average Bonchev–Trinajstić information content (AvgIpc) is 3.00. The number of carbonyl (C=O) groups excluding carboxylic acids is 3. The molecule has 0 bridgehead atoms. The van der Waals surface area contributed by atoms with Crippen molar-refractivity contribution < 1.29 is 19.1 Å². The number of hydrogen-bond donors (Lipinski definition) is 2. The lowest BCUT2D eigenvalue weighted by Gasteiger charge is -2.22. The first-order chi connectivity index (χ1) is 14.0. The van der Waals surface area contributed by atoms with Crippen LogP contribution in [-0.4, -0.2) is 48.0 Å². The van der Waals surface area contributed by atoms with Crippen molar-refractivity contribution in [2.45, 2.75) is 70.1 Å². The largest absolute Gasteiger partial charge is 0.451 e. The van der Waals surface area contributed by atoms with Gasteiger partial charge in [-0.05, 0) is 50.3 Å². The summed E-state index contributed by atoms with van der Waals surface area (Å²) in [5.74, 6) is -0.489. The molecule has 160 valence electrons. The summed E-state index contributed by atoms with van der Waals surface area (Å²) in [6.45, 7) is 1.58. The lowest BCUT2D eigenvalue weighted by molar-refractivity contribution is -0.156. The van der Waals surface area contributed by atoms with Crippen molar-refractivity contribution in [2.24, 2.45) is 0 Å². The number of hydrogen-bond acceptors (Lipinski definition) is 5. The summed E-state index contributed by atoms with van der Waals surface area (Å²) >= 11 is 1.58. The van der Waals surface area contributed by atoms with Gasteiger partial charge >= 0.3 is 5.97 Å². The maximum Gasteiger partial charge on any atom is 0.329 e. The van der Waals surface area contributed by atoms with Gasteiger partial charge in [0.15, 0.2) is 6.10 Å². The highest BCUT2D eigenvalue weighted by molar-refractivity contribution is 7.98. The van der Waals surface area contributed by atoms with Crippen LogP contribution >= 0.6 is 11.8 Å². The van der Waals surface area contributed by atoms with Gasteiger partial charge in [-0.2, -0.15) is 11.8 Å². The summed E-state index contributed by atoms with van der Waals surface area (Å²) in [7, 11) is 0. The molecule has 1 aliphatic carbocycles. The Bertz CT molecular complexity index is 660. The fourth-order valence-corrected chi connectivity index (χ4v) is 3.84. The number of thioether (sulfide) groups is 1. The minimum atomic E-state index is -0.892. The number of carbonyl (C=O) groups is 3. The summed E-state index contributed by atoms with van der Waals surface area (Å²) in [5.41, 5.74) is 0.480.